The molecular formula is C12H17NO2. The number of hydrogen-bond acceptors (Lipinski definition) is 3. The van der Waals surface area contributed by atoms with Crippen LogP contribution in [0.5, 0.6) is 11.5 Å². The van der Waals surface area contributed by atoms with Crippen molar-refractivity contribution in [1.29, 1.82) is 0 Å². The fraction of sp³-hybridized carbons (Fsp3) is 0.333. The maximum atomic E-state index is 9.60. The summed E-state index contributed by atoms with van der Waals surface area (Å²) in [7, 11) is 0. The molecule has 0 aliphatic heterocycles. The Labute approximate surface area is 90.1 Å². The number of rotatable bonds is 5. The summed E-state index contributed by atoms with van der Waals surface area (Å²) in [6.45, 7) is 6.30. The summed E-state index contributed by atoms with van der Waals surface area (Å²) in [6.07, 6.45) is 2.68. The maximum absolute atomic E-state index is 9.60. The fourth-order valence-electron chi connectivity index (χ4n) is 1.49. The number of phenols is 2. The SMILES string of the molecule is C=CCCNC(C)c1c(O)cccc1O. The lowest BCUT2D eigenvalue weighted by molar-refractivity contribution is 0.419. The quantitative estimate of drug-likeness (QED) is 0.513. The van der Waals surface area contributed by atoms with E-state index < -0.39 is 0 Å². The molecule has 0 heterocycles. The summed E-state index contributed by atoms with van der Waals surface area (Å²) < 4.78 is 0. The number of hydrogen-bond donors (Lipinski definition) is 3. The molecule has 82 valence electrons. The highest BCUT2D eigenvalue weighted by Gasteiger charge is 2.13. The topological polar surface area (TPSA) is 52.5 Å². The molecule has 15 heavy (non-hydrogen) atoms. The Morgan fingerprint density at radius 3 is 2.53 bits per heavy atom. The normalized spacial score (nSPS) is 12.3. The van der Waals surface area contributed by atoms with Crippen LogP contribution in [0.15, 0.2) is 30.9 Å². The number of nitrogens with one attached hydrogen (secondary N) is 1. The zero-order valence-electron chi connectivity index (χ0n) is 8.90. The zero-order valence-corrected chi connectivity index (χ0v) is 8.90. The first-order valence-electron chi connectivity index (χ1n) is 5.02. The molecule has 0 saturated heterocycles. The molecule has 0 amide bonds. The van der Waals surface area contributed by atoms with Crippen LogP contribution in [0.2, 0.25) is 0 Å². The van der Waals surface area contributed by atoms with Crippen LogP contribution < -0.4 is 5.32 Å². The minimum atomic E-state index is -0.0776. The molecule has 1 aromatic rings. The van der Waals surface area contributed by atoms with Crippen molar-refractivity contribution in [1.82, 2.24) is 5.32 Å². The lowest BCUT2D eigenvalue weighted by atomic mass is 10.1. The van der Waals surface area contributed by atoms with Crippen molar-refractivity contribution in [2.24, 2.45) is 0 Å². The van der Waals surface area contributed by atoms with Crippen LogP contribution in [0.25, 0.3) is 0 Å². The third-order valence-corrected chi connectivity index (χ3v) is 2.29. The third-order valence-electron chi connectivity index (χ3n) is 2.29. The van der Waals surface area contributed by atoms with Crippen molar-refractivity contribution >= 4 is 0 Å². The molecule has 0 aliphatic rings. The van der Waals surface area contributed by atoms with E-state index in [0.29, 0.717) is 5.56 Å². The highest BCUT2D eigenvalue weighted by molar-refractivity contribution is 5.44. The van der Waals surface area contributed by atoms with Gasteiger partial charge in [-0.1, -0.05) is 12.1 Å². The van der Waals surface area contributed by atoms with Crippen molar-refractivity contribution in [3.05, 3.63) is 36.4 Å². The van der Waals surface area contributed by atoms with Gasteiger partial charge in [0.2, 0.25) is 0 Å². The summed E-state index contributed by atoms with van der Waals surface area (Å²) >= 11 is 0. The van der Waals surface area contributed by atoms with Gasteiger partial charge in [0.1, 0.15) is 11.5 Å². The molecule has 3 heteroatoms. The van der Waals surface area contributed by atoms with E-state index in [1.165, 1.54) is 0 Å². The van der Waals surface area contributed by atoms with E-state index in [-0.39, 0.29) is 17.5 Å². The summed E-state index contributed by atoms with van der Waals surface area (Å²) in [5.74, 6) is 0.238. The first-order valence-corrected chi connectivity index (χ1v) is 5.02. The standard InChI is InChI=1S/C12H17NO2/c1-3-4-8-13-9(2)12-10(14)6-5-7-11(12)15/h3,5-7,9,13-15H,1,4,8H2,2H3. The number of phenolic OH excluding ortho intramolecular Hbond substituents is 2. The molecule has 0 fully saturated rings. The Hall–Kier alpha value is -1.48. The van der Waals surface area contributed by atoms with E-state index in [1.807, 2.05) is 13.0 Å². The lowest BCUT2D eigenvalue weighted by Gasteiger charge is -2.16. The van der Waals surface area contributed by atoms with E-state index >= 15 is 0 Å². The van der Waals surface area contributed by atoms with E-state index in [9.17, 15) is 10.2 Å². The Morgan fingerprint density at radius 1 is 1.40 bits per heavy atom. The second kappa shape index (κ2) is 5.41. The van der Waals surface area contributed by atoms with Crippen molar-refractivity contribution in [2.75, 3.05) is 6.54 Å². The van der Waals surface area contributed by atoms with Crippen LogP contribution in [-0.2, 0) is 0 Å². The van der Waals surface area contributed by atoms with Crippen molar-refractivity contribution in [3.63, 3.8) is 0 Å². The molecule has 1 atom stereocenters. The highest BCUT2D eigenvalue weighted by Crippen LogP contribution is 2.31. The van der Waals surface area contributed by atoms with Gasteiger partial charge in [-0.15, -0.1) is 6.58 Å². The molecule has 0 aliphatic carbocycles. The van der Waals surface area contributed by atoms with Gasteiger partial charge in [-0.2, -0.15) is 0 Å². The number of benzene rings is 1. The summed E-state index contributed by atoms with van der Waals surface area (Å²) in [5.41, 5.74) is 0.543. The van der Waals surface area contributed by atoms with Gasteiger partial charge in [-0.05, 0) is 32.0 Å². The second-order valence-corrected chi connectivity index (χ2v) is 3.46. The average molecular weight is 207 g/mol. The molecule has 1 unspecified atom stereocenters. The van der Waals surface area contributed by atoms with Gasteiger partial charge >= 0.3 is 0 Å². The van der Waals surface area contributed by atoms with Crippen molar-refractivity contribution in [2.45, 2.75) is 19.4 Å². The molecule has 0 radical (unpaired) electrons. The van der Waals surface area contributed by atoms with Crippen LogP contribution >= 0.6 is 0 Å². The predicted molar refractivity (Wildman–Crippen MR) is 61.0 cm³/mol. The van der Waals surface area contributed by atoms with Crippen LogP contribution in [-0.4, -0.2) is 16.8 Å². The maximum Gasteiger partial charge on any atom is 0.124 e. The predicted octanol–water partition coefficient (Wildman–Crippen LogP) is 2.32. The van der Waals surface area contributed by atoms with Crippen LogP contribution in [0.4, 0.5) is 0 Å². The molecule has 0 bridgehead atoms. The van der Waals surface area contributed by atoms with E-state index in [1.54, 1.807) is 18.2 Å². The van der Waals surface area contributed by atoms with E-state index in [0.717, 1.165) is 13.0 Å². The van der Waals surface area contributed by atoms with Crippen LogP contribution in [0.1, 0.15) is 24.9 Å². The van der Waals surface area contributed by atoms with Gasteiger partial charge in [0.25, 0.3) is 0 Å². The van der Waals surface area contributed by atoms with Gasteiger partial charge in [0, 0.05) is 6.04 Å². The smallest absolute Gasteiger partial charge is 0.124 e. The largest absolute Gasteiger partial charge is 0.507 e. The molecule has 1 rings (SSSR count). The monoisotopic (exact) mass is 207 g/mol. The molecule has 0 saturated carbocycles. The number of aromatic hydroxyl groups is 2. The van der Waals surface area contributed by atoms with Gasteiger partial charge < -0.3 is 15.5 Å². The van der Waals surface area contributed by atoms with Gasteiger partial charge in [-0.3, -0.25) is 0 Å². The fourth-order valence-corrected chi connectivity index (χ4v) is 1.49. The third kappa shape index (κ3) is 2.99. The minimum Gasteiger partial charge on any atom is -0.507 e. The Morgan fingerprint density at radius 2 is 2.00 bits per heavy atom. The molecule has 0 aromatic heterocycles. The first-order chi connectivity index (χ1) is 7.16. The molecule has 3 N–H and O–H groups in total. The Balaban J connectivity index is 2.72. The van der Waals surface area contributed by atoms with Crippen LogP contribution in [0.3, 0.4) is 0 Å². The molecular weight excluding hydrogens is 190 g/mol. The van der Waals surface area contributed by atoms with E-state index in [2.05, 4.69) is 11.9 Å². The van der Waals surface area contributed by atoms with Gasteiger partial charge in [0.15, 0.2) is 0 Å². The van der Waals surface area contributed by atoms with Crippen molar-refractivity contribution in [3.8, 4) is 11.5 Å². The zero-order chi connectivity index (χ0) is 11.3. The van der Waals surface area contributed by atoms with Gasteiger partial charge in [-0.25, -0.2) is 0 Å². The first kappa shape index (κ1) is 11.6. The minimum absolute atomic E-state index is 0.0776. The van der Waals surface area contributed by atoms with Crippen LogP contribution in [0, 0.1) is 0 Å². The molecule has 3 nitrogen and oxygen atoms in total. The second-order valence-electron chi connectivity index (χ2n) is 3.46. The Kier molecular flexibility index (Phi) is 4.18. The van der Waals surface area contributed by atoms with Crippen molar-refractivity contribution < 1.29 is 10.2 Å². The summed E-state index contributed by atoms with van der Waals surface area (Å²) in [6, 6.07) is 4.68. The molecule has 1 aromatic carbocycles. The van der Waals surface area contributed by atoms with Gasteiger partial charge in [0.05, 0.1) is 5.56 Å². The lowest BCUT2D eigenvalue weighted by Crippen LogP contribution is -2.19. The molecule has 0 spiro atoms. The highest BCUT2D eigenvalue weighted by atomic mass is 16.3. The Bertz CT molecular complexity index is 316. The average Bonchev–Trinajstić information content (AvgIpc) is 2.18. The summed E-state index contributed by atoms with van der Waals surface area (Å²) in [5, 5.41) is 22.4. The summed E-state index contributed by atoms with van der Waals surface area (Å²) in [4.78, 5) is 0. The van der Waals surface area contributed by atoms with E-state index in [4.69, 9.17) is 0 Å².